The van der Waals surface area contributed by atoms with Gasteiger partial charge in [0.2, 0.25) is 0 Å². The van der Waals surface area contributed by atoms with Crippen molar-refractivity contribution < 1.29 is 15.1 Å². The van der Waals surface area contributed by atoms with Crippen molar-refractivity contribution in [3.63, 3.8) is 0 Å². The molecule has 1 amide bonds. The third kappa shape index (κ3) is 2.88. The summed E-state index contributed by atoms with van der Waals surface area (Å²) in [7, 11) is 0. The summed E-state index contributed by atoms with van der Waals surface area (Å²) in [5.74, 6) is -0.754. The molecular formula is C10H11BrN2O3. The van der Waals surface area contributed by atoms with Gasteiger partial charge in [0.1, 0.15) is 12.4 Å². The van der Waals surface area contributed by atoms with Crippen LogP contribution in [0.15, 0.2) is 27.7 Å². The standard InChI is InChI=1S/C10H11BrN2O3/c1-6-2-3-7(11)4-8(6)9(12-5-14)10(15)13-16/h2-4,14,16H,5H2,1H3,(H,13,15). The van der Waals surface area contributed by atoms with Crippen molar-refractivity contribution >= 4 is 27.5 Å². The maximum atomic E-state index is 11.3. The number of hydroxylamine groups is 1. The van der Waals surface area contributed by atoms with Crippen molar-refractivity contribution in [3.05, 3.63) is 33.8 Å². The van der Waals surface area contributed by atoms with Crippen molar-refractivity contribution in [3.8, 4) is 0 Å². The molecule has 6 heteroatoms. The molecule has 0 atom stereocenters. The van der Waals surface area contributed by atoms with Crippen LogP contribution in [0.3, 0.4) is 0 Å². The van der Waals surface area contributed by atoms with E-state index in [1.165, 1.54) is 5.48 Å². The van der Waals surface area contributed by atoms with Gasteiger partial charge in [0, 0.05) is 10.0 Å². The largest absolute Gasteiger partial charge is 0.375 e. The lowest BCUT2D eigenvalue weighted by Crippen LogP contribution is -2.29. The number of nitrogens with one attached hydrogen (secondary N) is 1. The Morgan fingerprint density at radius 1 is 1.56 bits per heavy atom. The monoisotopic (exact) mass is 286 g/mol. The second-order valence-electron chi connectivity index (χ2n) is 3.05. The Morgan fingerprint density at radius 3 is 2.81 bits per heavy atom. The van der Waals surface area contributed by atoms with Crippen LogP contribution >= 0.6 is 15.9 Å². The van der Waals surface area contributed by atoms with Crippen molar-refractivity contribution in [1.82, 2.24) is 5.48 Å². The van der Waals surface area contributed by atoms with Crippen LogP contribution in [0.4, 0.5) is 0 Å². The summed E-state index contributed by atoms with van der Waals surface area (Å²) in [5.41, 5.74) is 2.86. The lowest BCUT2D eigenvalue weighted by Gasteiger charge is -2.08. The molecule has 0 spiro atoms. The number of aliphatic hydroxyl groups excluding tert-OH is 1. The zero-order chi connectivity index (χ0) is 12.1. The van der Waals surface area contributed by atoms with E-state index < -0.39 is 12.6 Å². The van der Waals surface area contributed by atoms with Crippen LogP contribution in [-0.4, -0.2) is 28.7 Å². The predicted molar refractivity (Wildman–Crippen MR) is 62.4 cm³/mol. The zero-order valence-electron chi connectivity index (χ0n) is 8.57. The lowest BCUT2D eigenvalue weighted by molar-refractivity contribution is -0.122. The van der Waals surface area contributed by atoms with E-state index in [9.17, 15) is 4.79 Å². The first kappa shape index (κ1) is 12.8. The van der Waals surface area contributed by atoms with E-state index in [0.29, 0.717) is 5.56 Å². The van der Waals surface area contributed by atoms with Crippen LogP contribution in [0.2, 0.25) is 0 Å². The molecule has 0 radical (unpaired) electrons. The number of hydrogen-bond acceptors (Lipinski definition) is 4. The number of carbonyl (C=O) groups excluding carboxylic acids is 1. The first-order chi connectivity index (χ1) is 7.60. The summed E-state index contributed by atoms with van der Waals surface area (Å²) in [4.78, 5) is 15.0. The molecule has 1 rings (SSSR count). The third-order valence-electron chi connectivity index (χ3n) is 2.00. The SMILES string of the molecule is Cc1ccc(Br)cc1C(=NCO)C(=O)NO. The molecule has 0 fully saturated rings. The number of hydrogen-bond donors (Lipinski definition) is 3. The first-order valence-corrected chi connectivity index (χ1v) is 5.25. The smallest absolute Gasteiger partial charge is 0.293 e. The van der Waals surface area contributed by atoms with Crippen molar-refractivity contribution in [1.29, 1.82) is 0 Å². The Bertz CT molecular complexity index is 432. The Balaban J connectivity index is 3.26. The van der Waals surface area contributed by atoms with Crippen LogP contribution < -0.4 is 5.48 Å². The van der Waals surface area contributed by atoms with Crippen LogP contribution in [0.1, 0.15) is 11.1 Å². The average Bonchev–Trinajstić information content (AvgIpc) is 2.28. The van der Waals surface area contributed by atoms with E-state index in [0.717, 1.165) is 10.0 Å². The van der Waals surface area contributed by atoms with Crippen LogP contribution in [-0.2, 0) is 4.79 Å². The van der Waals surface area contributed by atoms with Crippen LogP contribution in [0.5, 0.6) is 0 Å². The van der Waals surface area contributed by atoms with E-state index in [1.807, 2.05) is 6.07 Å². The first-order valence-electron chi connectivity index (χ1n) is 4.46. The quantitative estimate of drug-likeness (QED) is 0.440. The molecule has 86 valence electrons. The second kappa shape index (κ2) is 5.74. The fraction of sp³-hybridized carbons (Fsp3) is 0.200. The highest BCUT2D eigenvalue weighted by molar-refractivity contribution is 9.10. The fourth-order valence-electron chi connectivity index (χ4n) is 1.25. The Morgan fingerprint density at radius 2 is 2.25 bits per heavy atom. The van der Waals surface area contributed by atoms with Gasteiger partial charge in [-0.2, -0.15) is 0 Å². The van der Waals surface area contributed by atoms with E-state index in [-0.39, 0.29) is 5.71 Å². The third-order valence-corrected chi connectivity index (χ3v) is 2.49. The lowest BCUT2D eigenvalue weighted by atomic mass is 10.0. The molecule has 5 nitrogen and oxygen atoms in total. The highest BCUT2D eigenvalue weighted by atomic mass is 79.9. The van der Waals surface area contributed by atoms with Crippen molar-refractivity contribution in [2.75, 3.05) is 6.73 Å². The summed E-state index contributed by atoms with van der Waals surface area (Å²) in [6.07, 6.45) is 0. The summed E-state index contributed by atoms with van der Waals surface area (Å²) < 4.78 is 0.782. The molecule has 0 unspecified atom stereocenters. The molecule has 0 saturated carbocycles. The maximum absolute atomic E-state index is 11.3. The molecule has 1 aromatic carbocycles. The number of aliphatic hydroxyl groups is 1. The molecule has 3 N–H and O–H groups in total. The number of rotatable bonds is 3. The van der Waals surface area contributed by atoms with Gasteiger partial charge < -0.3 is 5.11 Å². The minimum atomic E-state index is -0.754. The number of nitrogens with zero attached hydrogens (tertiary/aromatic N) is 1. The van der Waals surface area contributed by atoms with E-state index >= 15 is 0 Å². The highest BCUT2D eigenvalue weighted by Crippen LogP contribution is 2.17. The summed E-state index contributed by atoms with van der Waals surface area (Å²) >= 11 is 3.28. The van der Waals surface area contributed by atoms with Gasteiger partial charge in [-0.15, -0.1) is 0 Å². The Hall–Kier alpha value is -1.24. The Kier molecular flexibility index (Phi) is 4.60. The van der Waals surface area contributed by atoms with Gasteiger partial charge in [0.05, 0.1) is 0 Å². The molecule has 0 heterocycles. The van der Waals surface area contributed by atoms with Gasteiger partial charge in [-0.1, -0.05) is 22.0 Å². The minimum Gasteiger partial charge on any atom is -0.375 e. The van der Waals surface area contributed by atoms with Gasteiger partial charge >= 0.3 is 0 Å². The van der Waals surface area contributed by atoms with Gasteiger partial charge in [-0.3, -0.25) is 15.0 Å². The molecule has 0 saturated heterocycles. The molecule has 0 aliphatic heterocycles. The van der Waals surface area contributed by atoms with Crippen LogP contribution in [0, 0.1) is 6.92 Å². The molecule has 16 heavy (non-hydrogen) atoms. The molecule has 0 aliphatic carbocycles. The van der Waals surface area contributed by atoms with Crippen molar-refractivity contribution in [2.24, 2.45) is 4.99 Å². The fourth-order valence-corrected chi connectivity index (χ4v) is 1.61. The van der Waals surface area contributed by atoms with E-state index in [4.69, 9.17) is 10.3 Å². The number of benzene rings is 1. The topological polar surface area (TPSA) is 81.9 Å². The number of carbonyl (C=O) groups is 1. The minimum absolute atomic E-state index is 0.0104. The predicted octanol–water partition coefficient (Wildman–Crippen LogP) is 1.00. The number of aryl methyl sites for hydroxylation is 1. The van der Waals surface area contributed by atoms with Gasteiger partial charge in [-0.05, 0) is 24.6 Å². The van der Waals surface area contributed by atoms with Gasteiger partial charge in [-0.25, -0.2) is 5.48 Å². The van der Waals surface area contributed by atoms with Crippen molar-refractivity contribution in [2.45, 2.75) is 6.92 Å². The molecule has 0 aliphatic rings. The molecule has 1 aromatic rings. The second-order valence-corrected chi connectivity index (χ2v) is 3.96. The van der Waals surface area contributed by atoms with E-state index in [1.54, 1.807) is 19.1 Å². The Labute approximate surface area is 101 Å². The number of amides is 1. The van der Waals surface area contributed by atoms with Gasteiger partial charge in [0.15, 0.2) is 0 Å². The normalized spacial score (nSPS) is 11.4. The number of halogens is 1. The summed E-state index contributed by atoms with van der Waals surface area (Å²) in [5, 5.41) is 17.3. The van der Waals surface area contributed by atoms with E-state index in [2.05, 4.69) is 20.9 Å². The highest BCUT2D eigenvalue weighted by Gasteiger charge is 2.15. The average molecular weight is 287 g/mol. The van der Waals surface area contributed by atoms with Crippen LogP contribution in [0.25, 0.3) is 0 Å². The zero-order valence-corrected chi connectivity index (χ0v) is 10.2. The molecular weight excluding hydrogens is 276 g/mol. The molecule has 0 bridgehead atoms. The summed E-state index contributed by atoms with van der Waals surface area (Å²) in [6.45, 7) is 1.29. The molecule has 0 aromatic heterocycles. The number of aliphatic imine (C=N–C) groups is 1. The van der Waals surface area contributed by atoms with Gasteiger partial charge in [0.25, 0.3) is 5.91 Å². The summed E-state index contributed by atoms with van der Waals surface area (Å²) in [6, 6.07) is 5.32. The maximum Gasteiger partial charge on any atom is 0.293 e.